The Labute approximate surface area is 364 Å². The molecule has 0 unspecified atom stereocenters. The first-order chi connectivity index (χ1) is 30.7. The number of nitrogens with one attached hydrogen (secondary N) is 2. The van der Waals surface area contributed by atoms with Gasteiger partial charge in [-0.15, -0.1) is 0 Å². The van der Waals surface area contributed by atoms with E-state index in [1.165, 1.54) is 36.7 Å². The lowest BCUT2D eigenvalue weighted by Gasteiger charge is -2.32. The fourth-order valence-corrected chi connectivity index (χ4v) is 6.86. The molecule has 1 fully saturated rings. The van der Waals surface area contributed by atoms with Gasteiger partial charge in [0, 0.05) is 42.9 Å². The van der Waals surface area contributed by atoms with Gasteiger partial charge in [-0.25, -0.2) is 23.4 Å². The van der Waals surface area contributed by atoms with Gasteiger partial charge in [0.05, 0.1) is 22.6 Å². The second-order valence-corrected chi connectivity index (χ2v) is 14.6. The zero-order chi connectivity index (χ0) is 47.2. The number of aromatic nitrogens is 4. The molecule has 338 valence electrons. The number of rotatable bonds is 10. The van der Waals surface area contributed by atoms with E-state index in [-0.39, 0.29) is 47.4 Å². The summed E-state index contributed by atoms with van der Waals surface area (Å²) in [7, 11) is -1.62. The van der Waals surface area contributed by atoms with E-state index < -0.39 is 54.0 Å². The van der Waals surface area contributed by atoms with Crippen molar-refractivity contribution in [1.29, 1.82) is 0 Å². The predicted octanol–water partition coefficient (Wildman–Crippen LogP) is 5.97. The third-order valence-electron chi connectivity index (χ3n) is 10.2. The van der Waals surface area contributed by atoms with Crippen LogP contribution in [0.4, 0.5) is 40.9 Å². The van der Waals surface area contributed by atoms with Crippen LogP contribution in [-0.2, 0) is 30.2 Å². The molecule has 1 saturated heterocycles. The fraction of sp³-hybridized carbons (Fsp3) is 0.209. The average Bonchev–Trinajstić information content (AvgIpc) is 3.68. The zero-order valence-corrected chi connectivity index (χ0v) is 33.8. The number of piperidine rings is 1. The van der Waals surface area contributed by atoms with Gasteiger partial charge >= 0.3 is 19.5 Å². The van der Waals surface area contributed by atoms with Crippen LogP contribution in [0.2, 0.25) is 0 Å². The third kappa shape index (κ3) is 11.3. The normalized spacial score (nSPS) is 14.0. The van der Waals surface area contributed by atoms with Gasteiger partial charge in [0.25, 0.3) is 11.8 Å². The van der Waals surface area contributed by atoms with Gasteiger partial charge in [0.2, 0.25) is 5.91 Å². The first-order valence-electron chi connectivity index (χ1n) is 19.5. The Balaban J connectivity index is 0.000000248. The minimum absolute atomic E-state index is 0.0133. The summed E-state index contributed by atoms with van der Waals surface area (Å²) in [5.74, 6) is -4.35. The molecular weight excluding hydrogens is 871 g/mol. The number of amides is 3. The van der Waals surface area contributed by atoms with Crippen LogP contribution in [0.5, 0.6) is 0 Å². The van der Waals surface area contributed by atoms with Crippen LogP contribution in [0.25, 0.3) is 22.3 Å². The van der Waals surface area contributed by atoms with Crippen molar-refractivity contribution in [2.24, 2.45) is 0 Å². The Bertz CT molecular complexity index is 2710. The fourth-order valence-electron chi connectivity index (χ4n) is 6.86. The molecule has 13 nitrogen and oxygen atoms in total. The van der Waals surface area contributed by atoms with Gasteiger partial charge in [0.1, 0.15) is 29.5 Å². The Hall–Kier alpha value is -7.20. The summed E-state index contributed by atoms with van der Waals surface area (Å²) in [6.07, 6.45) is -5.57. The molecule has 1 aliphatic rings. The maximum Gasteiger partial charge on any atom is 0.488 e. The molecule has 6 N–H and O–H groups in total. The lowest BCUT2D eigenvalue weighted by atomic mass is 9.80. The van der Waals surface area contributed by atoms with Crippen molar-refractivity contribution in [2.75, 3.05) is 18.8 Å². The largest absolute Gasteiger partial charge is 0.488 e. The number of benzene rings is 4. The summed E-state index contributed by atoms with van der Waals surface area (Å²) < 4.78 is 105. The van der Waals surface area contributed by atoms with Crippen molar-refractivity contribution in [2.45, 2.75) is 44.3 Å². The van der Waals surface area contributed by atoms with Gasteiger partial charge in [-0.2, -0.15) is 31.4 Å². The number of anilines is 1. The number of nitrogens with two attached hydrogens (primary N) is 1. The van der Waals surface area contributed by atoms with Gasteiger partial charge in [-0.1, -0.05) is 55.1 Å². The van der Waals surface area contributed by atoms with E-state index in [1.54, 1.807) is 33.8 Å². The summed E-state index contributed by atoms with van der Waals surface area (Å²) in [6, 6.07) is 16.9. The lowest BCUT2D eigenvalue weighted by Crippen LogP contribution is -2.40. The van der Waals surface area contributed by atoms with Crippen LogP contribution >= 0.6 is 0 Å². The molecule has 7 rings (SSSR count). The molecule has 4 aromatic carbocycles. The van der Waals surface area contributed by atoms with Crippen LogP contribution < -0.4 is 21.8 Å². The van der Waals surface area contributed by atoms with Crippen LogP contribution in [0, 0.1) is 11.6 Å². The lowest BCUT2D eigenvalue weighted by molar-refractivity contribution is -0.140. The van der Waals surface area contributed by atoms with Crippen molar-refractivity contribution >= 4 is 47.2 Å². The van der Waals surface area contributed by atoms with Crippen LogP contribution in [0.1, 0.15) is 61.9 Å². The number of carbonyl (C=O) groups excluding carboxylic acids is 3. The molecular formula is C43H37BF8N8O5. The van der Waals surface area contributed by atoms with Crippen molar-refractivity contribution in [1.82, 2.24) is 35.3 Å². The average molecular weight is 909 g/mol. The highest BCUT2D eigenvalue weighted by molar-refractivity contribution is 6.58. The smallest absolute Gasteiger partial charge is 0.423 e. The Kier molecular flexibility index (Phi) is 14.3. The molecule has 0 aliphatic carbocycles. The van der Waals surface area contributed by atoms with E-state index >= 15 is 0 Å². The molecule has 0 radical (unpaired) electrons. The predicted molar refractivity (Wildman–Crippen MR) is 222 cm³/mol. The standard InChI is InChI=1S/C28H25F4N7O2.C15H12BF4NO3/c1-2-22(40)38-11-3-4-19(14-38)39-26-23(25(33)35-15-36-26)24(37-39)17-7-5-16(6-8-17)13-34-27(41)18-9-10-21(29)20(12-18)28(30,31)32;17-13-6-3-10(7-12(13)15(18,19)20)14(22)21-8-9-1-4-11(5-2-9)16(23)24/h2,5-10,12,15,19H,1,3-4,11,13-14H2,(H,34,41)(H2,33,35,36);1-7,23-24H,8H2,(H,21,22)/t19-;/m1./s1. The molecule has 0 spiro atoms. The highest BCUT2D eigenvalue weighted by atomic mass is 19.4. The Morgan fingerprint density at radius 1 is 0.800 bits per heavy atom. The first-order valence-corrected chi connectivity index (χ1v) is 19.5. The van der Waals surface area contributed by atoms with Crippen LogP contribution in [0.3, 0.4) is 0 Å². The molecule has 1 atom stereocenters. The molecule has 1 aliphatic heterocycles. The number of carbonyl (C=O) groups is 3. The monoisotopic (exact) mass is 908 g/mol. The quantitative estimate of drug-likeness (QED) is 0.0628. The van der Waals surface area contributed by atoms with Crippen molar-refractivity contribution in [3.8, 4) is 11.3 Å². The number of nitrogens with zero attached hydrogens (tertiary/aromatic N) is 5. The first kappa shape index (κ1) is 47.3. The molecule has 65 heavy (non-hydrogen) atoms. The molecule has 22 heteroatoms. The van der Waals surface area contributed by atoms with E-state index in [0.717, 1.165) is 25.0 Å². The minimum atomic E-state index is -4.92. The number of hydrogen-bond donors (Lipinski definition) is 5. The second kappa shape index (κ2) is 19.7. The summed E-state index contributed by atoms with van der Waals surface area (Å²) in [5, 5.41) is 28.3. The van der Waals surface area contributed by atoms with E-state index in [1.807, 2.05) is 0 Å². The number of alkyl halides is 6. The number of likely N-dealkylation sites (tertiary alicyclic amines) is 1. The van der Waals surface area contributed by atoms with Gasteiger partial charge in [0.15, 0.2) is 5.65 Å². The Morgan fingerprint density at radius 2 is 1.32 bits per heavy atom. The van der Waals surface area contributed by atoms with E-state index in [9.17, 15) is 49.5 Å². The van der Waals surface area contributed by atoms with Crippen molar-refractivity contribution in [3.63, 3.8) is 0 Å². The molecule has 3 heterocycles. The van der Waals surface area contributed by atoms with E-state index in [2.05, 4.69) is 27.2 Å². The number of fused-ring (bicyclic) bond motifs is 1. The zero-order valence-electron chi connectivity index (χ0n) is 33.8. The van der Waals surface area contributed by atoms with Gasteiger partial charge in [-0.05, 0) is 71.9 Å². The maximum atomic E-state index is 13.6. The minimum Gasteiger partial charge on any atom is -0.423 e. The summed E-state index contributed by atoms with van der Waals surface area (Å²) >= 11 is 0. The molecule has 0 bridgehead atoms. The van der Waals surface area contributed by atoms with E-state index in [0.29, 0.717) is 70.8 Å². The second-order valence-electron chi connectivity index (χ2n) is 14.6. The van der Waals surface area contributed by atoms with Gasteiger partial charge < -0.3 is 31.3 Å². The van der Waals surface area contributed by atoms with Gasteiger partial charge in [-0.3, -0.25) is 14.4 Å². The highest BCUT2D eigenvalue weighted by Crippen LogP contribution is 2.35. The number of hydrogen-bond acceptors (Lipinski definition) is 9. The van der Waals surface area contributed by atoms with Crippen LogP contribution in [0.15, 0.2) is 104 Å². The molecule has 6 aromatic rings. The number of nitrogen functional groups attached to an aromatic ring is 1. The summed E-state index contributed by atoms with van der Waals surface area (Å²) in [4.78, 5) is 46.8. The maximum absolute atomic E-state index is 13.6. The summed E-state index contributed by atoms with van der Waals surface area (Å²) in [5.41, 5.74) is 5.92. The van der Waals surface area contributed by atoms with Crippen molar-refractivity contribution < 1.29 is 59.6 Å². The Morgan fingerprint density at radius 3 is 1.82 bits per heavy atom. The number of halogens is 8. The van der Waals surface area contributed by atoms with E-state index in [4.69, 9.17) is 20.9 Å². The van der Waals surface area contributed by atoms with Crippen LogP contribution in [-0.4, -0.2) is 72.6 Å². The highest BCUT2D eigenvalue weighted by Gasteiger charge is 2.36. The van der Waals surface area contributed by atoms with Crippen molar-refractivity contribution in [3.05, 3.63) is 149 Å². The summed E-state index contributed by atoms with van der Waals surface area (Å²) in [6.45, 7) is 4.68. The molecule has 2 aromatic heterocycles. The topological polar surface area (TPSA) is 189 Å². The SMILES string of the molecule is C=CC(=O)N1CCC[C@@H](n2nc(-c3ccc(CNC(=O)c4ccc(F)c(C(F)(F)F)c4)cc3)c3c(N)ncnc32)C1.O=C(NCc1ccc(B(O)O)cc1)c1ccc(F)c(C(F)(F)F)c1. The third-order valence-corrected chi connectivity index (χ3v) is 10.2. The molecule has 3 amide bonds. The molecule has 0 saturated carbocycles.